The first kappa shape index (κ1) is 13.7. The van der Waals surface area contributed by atoms with E-state index in [2.05, 4.69) is 10.6 Å². The van der Waals surface area contributed by atoms with E-state index in [9.17, 15) is 9.59 Å². The molecule has 0 bridgehead atoms. The average molecular weight is 256 g/mol. The van der Waals surface area contributed by atoms with Gasteiger partial charge in [0.05, 0.1) is 6.61 Å². The number of amides is 2. The van der Waals surface area contributed by atoms with Crippen molar-refractivity contribution in [2.45, 2.75) is 19.4 Å². The highest BCUT2D eigenvalue weighted by atomic mass is 32.1. The van der Waals surface area contributed by atoms with Gasteiger partial charge in [-0.1, -0.05) is 0 Å². The number of rotatable bonds is 6. The lowest BCUT2D eigenvalue weighted by molar-refractivity contribution is -0.121. The number of hydrogen-bond acceptors (Lipinski definition) is 4. The first-order valence-electron chi connectivity index (χ1n) is 5.34. The Morgan fingerprint density at radius 1 is 1.53 bits per heavy atom. The van der Waals surface area contributed by atoms with Crippen LogP contribution in [0.5, 0.6) is 0 Å². The van der Waals surface area contributed by atoms with Crippen molar-refractivity contribution in [2.24, 2.45) is 0 Å². The molecule has 5 nitrogen and oxygen atoms in total. The molecule has 0 radical (unpaired) electrons. The van der Waals surface area contributed by atoms with Crippen molar-refractivity contribution in [3.05, 3.63) is 22.4 Å². The fourth-order valence-electron chi connectivity index (χ4n) is 1.18. The van der Waals surface area contributed by atoms with Crippen LogP contribution in [-0.4, -0.2) is 36.1 Å². The van der Waals surface area contributed by atoms with Crippen LogP contribution >= 0.6 is 11.3 Å². The minimum atomic E-state index is -0.255. The summed E-state index contributed by atoms with van der Waals surface area (Å²) in [5, 5.41) is 17.6. The first-order chi connectivity index (χ1) is 8.13. The van der Waals surface area contributed by atoms with Gasteiger partial charge in [-0.2, -0.15) is 11.3 Å². The van der Waals surface area contributed by atoms with Crippen LogP contribution in [0.1, 0.15) is 23.7 Å². The molecule has 1 aromatic heterocycles. The maximum atomic E-state index is 11.5. The molecule has 1 rings (SSSR count). The number of hydrogen-bond donors (Lipinski definition) is 3. The van der Waals surface area contributed by atoms with Crippen LogP contribution < -0.4 is 10.6 Å². The molecule has 1 heterocycles. The topological polar surface area (TPSA) is 78.4 Å². The number of nitrogens with one attached hydrogen (secondary N) is 2. The minimum Gasteiger partial charge on any atom is -0.394 e. The van der Waals surface area contributed by atoms with Crippen LogP contribution in [-0.2, 0) is 4.79 Å². The van der Waals surface area contributed by atoms with E-state index in [1.807, 2.05) is 5.38 Å². The van der Waals surface area contributed by atoms with Crippen molar-refractivity contribution in [2.75, 3.05) is 13.2 Å². The number of aliphatic hydroxyl groups is 1. The van der Waals surface area contributed by atoms with Crippen LogP contribution in [0.3, 0.4) is 0 Å². The smallest absolute Gasteiger partial charge is 0.252 e. The largest absolute Gasteiger partial charge is 0.394 e. The van der Waals surface area contributed by atoms with Crippen LogP contribution in [0.4, 0.5) is 0 Å². The van der Waals surface area contributed by atoms with E-state index in [1.165, 1.54) is 11.3 Å². The summed E-state index contributed by atoms with van der Waals surface area (Å²) >= 11 is 1.45. The summed E-state index contributed by atoms with van der Waals surface area (Å²) in [6.07, 6.45) is 0.209. The maximum absolute atomic E-state index is 11.5. The van der Waals surface area contributed by atoms with E-state index in [-0.39, 0.29) is 30.9 Å². The third-order valence-electron chi connectivity index (χ3n) is 2.10. The van der Waals surface area contributed by atoms with Crippen molar-refractivity contribution < 1.29 is 14.7 Å². The van der Waals surface area contributed by atoms with Gasteiger partial charge in [0, 0.05) is 30.0 Å². The molecule has 17 heavy (non-hydrogen) atoms. The predicted octanol–water partition coefficient (Wildman–Crippen LogP) is 0.365. The molecule has 0 aliphatic rings. The number of carbonyl (C=O) groups excluding carboxylic acids is 2. The lowest BCUT2D eigenvalue weighted by Gasteiger charge is -2.10. The molecule has 0 spiro atoms. The summed E-state index contributed by atoms with van der Waals surface area (Å²) in [4.78, 5) is 22.8. The van der Waals surface area contributed by atoms with Crippen LogP contribution in [0.2, 0.25) is 0 Å². The van der Waals surface area contributed by atoms with E-state index in [0.29, 0.717) is 12.1 Å². The zero-order valence-corrected chi connectivity index (χ0v) is 10.4. The first-order valence-corrected chi connectivity index (χ1v) is 6.28. The summed E-state index contributed by atoms with van der Waals surface area (Å²) in [7, 11) is 0. The second-order valence-electron chi connectivity index (χ2n) is 3.67. The number of thiophene rings is 1. The number of carbonyl (C=O) groups is 2. The Labute approximate surface area is 104 Å². The SMILES string of the molecule is CC(CO)NC(=O)CCNC(=O)c1ccsc1. The van der Waals surface area contributed by atoms with Crippen molar-refractivity contribution in [1.82, 2.24) is 10.6 Å². The molecule has 1 unspecified atom stereocenters. The van der Waals surface area contributed by atoms with Gasteiger partial charge >= 0.3 is 0 Å². The molecule has 6 heteroatoms. The Hall–Kier alpha value is -1.40. The van der Waals surface area contributed by atoms with Crippen molar-refractivity contribution in [3.63, 3.8) is 0 Å². The van der Waals surface area contributed by atoms with Gasteiger partial charge in [-0.25, -0.2) is 0 Å². The van der Waals surface area contributed by atoms with Crippen molar-refractivity contribution in [1.29, 1.82) is 0 Å². The highest BCUT2D eigenvalue weighted by Gasteiger charge is 2.08. The normalized spacial score (nSPS) is 11.9. The Balaban J connectivity index is 2.20. The lowest BCUT2D eigenvalue weighted by atomic mass is 10.3. The standard InChI is InChI=1S/C11H16N2O3S/c1-8(6-14)13-10(15)2-4-12-11(16)9-3-5-17-7-9/h3,5,7-8,14H,2,4,6H2,1H3,(H,12,16)(H,13,15). The fraction of sp³-hybridized carbons (Fsp3) is 0.455. The molecule has 0 fully saturated rings. The maximum Gasteiger partial charge on any atom is 0.252 e. The Kier molecular flexibility index (Phi) is 5.65. The van der Waals surface area contributed by atoms with E-state index in [0.717, 1.165) is 0 Å². The molecular formula is C11H16N2O3S. The third-order valence-corrected chi connectivity index (χ3v) is 2.79. The van der Waals surface area contributed by atoms with Gasteiger partial charge in [0.1, 0.15) is 0 Å². The predicted molar refractivity (Wildman–Crippen MR) is 66.0 cm³/mol. The monoisotopic (exact) mass is 256 g/mol. The van der Waals surface area contributed by atoms with Gasteiger partial charge in [-0.05, 0) is 18.4 Å². The highest BCUT2D eigenvalue weighted by molar-refractivity contribution is 7.08. The molecule has 0 aliphatic carbocycles. The molecule has 2 amide bonds. The quantitative estimate of drug-likeness (QED) is 0.688. The average Bonchev–Trinajstić information content (AvgIpc) is 2.82. The molecule has 94 valence electrons. The van der Waals surface area contributed by atoms with Crippen LogP contribution in [0.15, 0.2) is 16.8 Å². The molecule has 1 aromatic rings. The van der Waals surface area contributed by atoms with Crippen molar-refractivity contribution >= 4 is 23.2 Å². The van der Waals surface area contributed by atoms with Gasteiger partial charge in [0.2, 0.25) is 5.91 Å². The summed E-state index contributed by atoms with van der Waals surface area (Å²) in [6, 6.07) is 1.48. The molecule has 0 saturated carbocycles. The summed E-state index contributed by atoms with van der Waals surface area (Å²) in [5.41, 5.74) is 0.610. The van der Waals surface area contributed by atoms with Gasteiger partial charge in [0.15, 0.2) is 0 Å². The van der Waals surface area contributed by atoms with Gasteiger partial charge in [-0.15, -0.1) is 0 Å². The van der Waals surface area contributed by atoms with E-state index < -0.39 is 0 Å². The second-order valence-corrected chi connectivity index (χ2v) is 4.45. The Bertz CT molecular complexity index is 365. The van der Waals surface area contributed by atoms with E-state index >= 15 is 0 Å². The Morgan fingerprint density at radius 2 is 2.29 bits per heavy atom. The molecule has 0 aliphatic heterocycles. The zero-order valence-electron chi connectivity index (χ0n) is 9.60. The Morgan fingerprint density at radius 3 is 2.88 bits per heavy atom. The third kappa shape index (κ3) is 4.97. The van der Waals surface area contributed by atoms with Gasteiger partial charge < -0.3 is 15.7 Å². The molecule has 0 saturated heterocycles. The summed E-state index contributed by atoms with van der Waals surface area (Å²) in [5.74, 6) is -0.355. The lowest BCUT2D eigenvalue weighted by Crippen LogP contribution is -2.37. The number of aliphatic hydroxyl groups excluding tert-OH is 1. The molecule has 3 N–H and O–H groups in total. The molecular weight excluding hydrogens is 240 g/mol. The van der Waals surface area contributed by atoms with Gasteiger partial charge in [-0.3, -0.25) is 9.59 Å². The van der Waals surface area contributed by atoms with E-state index in [1.54, 1.807) is 18.4 Å². The zero-order chi connectivity index (χ0) is 12.7. The van der Waals surface area contributed by atoms with Crippen molar-refractivity contribution in [3.8, 4) is 0 Å². The van der Waals surface area contributed by atoms with Crippen LogP contribution in [0.25, 0.3) is 0 Å². The van der Waals surface area contributed by atoms with E-state index in [4.69, 9.17) is 5.11 Å². The molecule has 1 atom stereocenters. The summed E-state index contributed by atoms with van der Waals surface area (Å²) in [6.45, 7) is 1.91. The fourth-order valence-corrected chi connectivity index (χ4v) is 1.81. The summed E-state index contributed by atoms with van der Waals surface area (Å²) < 4.78 is 0. The molecule has 0 aromatic carbocycles. The second kappa shape index (κ2) is 7.03. The highest BCUT2D eigenvalue weighted by Crippen LogP contribution is 2.04. The minimum absolute atomic E-state index is 0.0903. The van der Waals surface area contributed by atoms with Crippen LogP contribution in [0, 0.1) is 0 Å². The van der Waals surface area contributed by atoms with Gasteiger partial charge in [0.25, 0.3) is 5.91 Å².